The van der Waals surface area contributed by atoms with Crippen molar-refractivity contribution in [3.05, 3.63) is 35.9 Å². The van der Waals surface area contributed by atoms with Gasteiger partial charge in [0.2, 0.25) is 0 Å². The lowest BCUT2D eigenvalue weighted by atomic mass is 9.96. The van der Waals surface area contributed by atoms with Gasteiger partial charge in [-0.25, -0.2) is 4.79 Å². The van der Waals surface area contributed by atoms with Gasteiger partial charge in [-0.3, -0.25) is 0 Å². The van der Waals surface area contributed by atoms with E-state index in [1.54, 1.807) is 30.3 Å². The normalized spacial score (nSPS) is 11.5. The molecule has 3 nitrogen and oxygen atoms in total. The quantitative estimate of drug-likeness (QED) is 0.320. The van der Waals surface area contributed by atoms with Crippen molar-refractivity contribution in [1.82, 2.24) is 0 Å². The van der Waals surface area contributed by atoms with Crippen molar-refractivity contribution in [2.75, 3.05) is 6.61 Å². The maximum atomic E-state index is 10.2. The largest absolute Gasteiger partial charge is 0.478 e. The Morgan fingerprint density at radius 1 is 0.815 bits per heavy atom. The number of carboxylic acid groups (broad SMARTS) is 1. The molecule has 0 saturated heterocycles. The molecular weight excluding hydrogens is 336 g/mol. The first-order valence-corrected chi connectivity index (χ1v) is 11.0. The van der Waals surface area contributed by atoms with E-state index in [9.17, 15) is 4.79 Å². The first-order chi connectivity index (χ1) is 13.1. The number of carbonyl (C=O) groups is 1. The van der Waals surface area contributed by atoms with Gasteiger partial charge in [0, 0.05) is 6.61 Å². The summed E-state index contributed by atoms with van der Waals surface area (Å²) in [4.78, 5) is 10.2. The van der Waals surface area contributed by atoms with E-state index < -0.39 is 5.97 Å². The zero-order valence-electron chi connectivity index (χ0n) is 17.7. The zero-order chi connectivity index (χ0) is 20.2. The minimum Gasteiger partial charge on any atom is -0.478 e. The summed E-state index contributed by atoms with van der Waals surface area (Å²) < 4.78 is 0. The second kappa shape index (κ2) is 19.4. The highest BCUT2D eigenvalue weighted by atomic mass is 16.4. The number of aromatic carboxylic acids is 1. The molecule has 156 valence electrons. The fraction of sp³-hybridized carbons (Fsp3) is 0.708. The number of hydrogen-bond acceptors (Lipinski definition) is 2. The van der Waals surface area contributed by atoms with Gasteiger partial charge in [0.15, 0.2) is 0 Å². The van der Waals surface area contributed by atoms with Crippen LogP contribution in [0.2, 0.25) is 0 Å². The Balaban J connectivity index is 0.000000621. The van der Waals surface area contributed by atoms with E-state index in [2.05, 4.69) is 13.8 Å². The van der Waals surface area contributed by atoms with E-state index >= 15 is 0 Å². The average molecular weight is 379 g/mol. The van der Waals surface area contributed by atoms with Crippen molar-refractivity contribution in [3.8, 4) is 0 Å². The molecule has 1 rings (SSSR count). The van der Waals surface area contributed by atoms with Gasteiger partial charge in [0.1, 0.15) is 0 Å². The van der Waals surface area contributed by atoms with Crippen molar-refractivity contribution in [1.29, 1.82) is 0 Å². The molecule has 1 atom stereocenters. The first kappa shape index (κ1) is 25.6. The van der Waals surface area contributed by atoms with Crippen LogP contribution in [-0.4, -0.2) is 22.8 Å². The number of rotatable bonds is 15. The van der Waals surface area contributed by atoms with Gasteiger partial charge in [-0.2, -0.15) is 0 Å². The molecule has 0 fully saturated rings. The molecule has 0 bridgehead atoms. The van der Waals surface area contributed by atoms with Crippen LogP contribution in [0.5, 0.6) is 0 Å². The van der Waals surface area contributed by atoms with E-state index in [1.807, 2.05) is 0 Å². The van der Waals surface area contributed by atoms with Gasteiger partial charge in [-0.15, -0.1) is 0 Å². The molecule has 0 aliphatic rings. The van der Waals surface area contributed by atoms with Crippen molar-refractivity contribution < 1.29 is 15.0 Å². The Kier molecular flexibility index (Phi) is 18.4. The molecule has 0 radical (unpaired) electrons. The van der Waals surface area contributed by atoms with Crippen molar-refractivity contribution >= 4 is 5.97 Å². The van der Waals surface area contributed by atoms with Crippen LogP contribution in [0, 0.1) is 5.92 Å². The van der Waals surface area contributed by atoms with Crippen LogP contribution in [0.4, 0.5) is 0 Å². The van der Waals surface area contributed by atoms with Crippen LogP contribution in [0.15, 0.2) is 30.3 Å². The predicted molar refractivity (Wildman–Crippen MR) is 115 cm³/mol. The molecule has 3 heteroatoms. The summed E-state index contributed by atoms with van der Waals surface area (Å²) in [6, 6.07) is 8.30. The molecule has 0 aromatic heterocycles. The fourth-order valence-electron chi connectivity index (χ4n) is 3.13. The molecule has 0 aliphatic carbocycles. The Labute approximate surface area is 167 Å². The molecule has 0 saturated carbocycles. The molecule has 0 heterocycles. The maximum absolute atomic E-state index is 10.2. The summed E-state index contributed by atoms with van der Waals surface area (Å²) in [6.45, 7) is 5.07. The highest BCUT2D eigenvalue weighted by molar-refractivity contribution is 5.87. The van der Waals surface area contributed by atoms with Crippen LogP contribution in [0.1, 0.15) is 108 Å². The second-order valence-electron chi connectivity index (χ2n) is 7.61. The van der Waals surface area contributed by atoms with Crippen LogP contribution < -0.4 is 0 Å². The number of unbranched alkanes of at least 4 members (excludes halogenated alkanes) is 9. The van der Waals surface area contributed by atoms with E-state index in [1.165, 1.54) is 77.0 Å². The smallest absolute Gasteiger partial charge is 0.335 e. The van der Waals surface area contributed by atoms with Gasteiger partial charge in [0.25, 0.3) is 0 Å². The minimum absolute atomic E-state index is 0.331. The van der Waals surface area contributed by atoms with Gasteiger partial charge < -0.3 is 10.2 Å². The lowest BCUT2D eigenvalue weighted by Gasteiger charge is -2.10. The first-order valence-electron chi connectivity index (χ1n) is 11.0. The molecular formula is C24H42O3. The molecule has 0 aliphatic heterocycles. The third-order valence-electron chi connectivity index (χ3n) is 4.93. The van der Waals surface area contributed by atoms with Crippen LogP contribution in [-0.2, 0) is 0 Å². The number of aliphatic hydroxyl groups is 1. The lowest BCUT2D eigenvalue weighted by Crippen LogP contribution is -1.95. The summed E-state index contributed by atoms with van der Waals surface area (Å²) >= 11 is 0. The highest BCUT2D eigenvalue weighted by Crippen LogP contribution is 2.18. The Bertz CT molecular complexity index is 415. The minimum atomic E-state index is -0.879. The highest BCUT2D eigenvalue weighted by Gasteiger charge is 2.02. The fourth-order valence-corrected chi connectivity index (χ4v) is 3.13. The standard InChI is InChI=1S/C17H36O.C7H6O2/c1-3-4-5-6-8-11-14-17(2)15-12-9-7-10-13-16-18;8-7(9)6-4-2-1-3-5-6/h17-18H,3-16H2,1-2H3;1-5H,(H,8,9). The molecule has 1 aromatic carbocycles. The van der Waals surface area contributed by atoms with E-state index in [4.69, 9.17) is 10.2 Å². The molecule has 0 amide bonds. The Morgan fingerprint density at radius 3 is 1.74 bits per heavy atom. The van der Waals surface area contributed by atoms with Gasteiger partial charge >= 0.3 is 5.97 Å². The number of aliphatic hydroxyl groups excluding tert-OH is 1. The molecule has 1 unspecified atom stereocenters. The second-order valence-corrected chi connectivity index (χ2v) is 7.61. The van der Waals surface area contributed by atoms with Crippen molar-refractivity contribution in [2.24, 2.45) is 5.92 Å². The van der Waals surface area contributed by atoms with Gasteiger partial charge in [-0.1, -0.05) is 109 Å². The van der Waals surface area contributed by atoms with Crippen molar-refractivity contribution in [3.63, 3.8) is 0 Å². The summed E-state index contributed by atoms with van der Waals surface area (Å²) in [5.74, 6) is 0.0459. The third-order valence-corrected chi connectivity index (χ3v) is 4.93. The SMILES string of the molecule is CCCCCCCCC(C)CCCCCCCO.O=C(O)c1ccccc1. The van der Waals surface area contributed by atoms with E-state index in [-0.39, 0.29) is 0 Å². The Hall–Kier alpha value is -1.35. The molecule has 0 spiro atoms. The summed E-state index contributed by atoms with van der Waals surface area (Å²) in [5.41, 5.74) is 0.331. The van der Waals surface area contributed by atoms with E-state index in [0.29, 0.717) is 12.2 Å². The topological polar surface area (TPSA) is 57.5 Å². The number of benzene rings is 1. The summed E-state index contributed by atoms with van der Waals surface area (Å²) in [7, 11) is 0. The van der Waals surface area contributed by atoms with Gasteiger partial charge in [-0.05, 0) is 24.5 Å². The van der Waals surface area contributed by atoms with Gasteiger partial charge in [0.05, 0.1) is 5.56 Å². The maximum Gasteiger partial charge on any atom is 0.335 e. The molecule has 27 heavy (non-hydrogen) atoms. The Morgan fingerprint density at radius 2 is 1.30 bits per heavy atom. The molecule has 2 N–H and O–H groups in total. The van der Waals surface area contributed by atoms with Crippen molar-refractivity contribution in [2.45, 2.75) is 97.3 Å². The average Bonchev–Trinajstić information content (AvgIpc) is 2.68. The zero-order valence-corrected chi connectivity index (χ0v) is 17.7. The van der Waals surface area contributed by atoms with Crippen LogP contribution in [0.3, 0.4) is 0 Å². The monoisotopic (exact) mass is 378 g/mol. The van der Waals surface area contributed by atoms with Crippen LogP contribution >= 0.6 is 0 Å². The molecule has 1 aromatic rings. The predicted octanol–water partition coefficient (Wildman–Crippen LogP) is 7.09. The third kappa shape index (κ3) is 17.8. The lowest BCUT2D eigenvalue weighted by molar-refractivity contribution is 0.0697. The van der Waals surface area contributed by atoms with Crippen LogP contribution in [0.25, 0.3) is 0 Å². The summed E-state index contributed by atoms with van der Waals surface area (Å²) in [5, 5.41) is 17.1. The number of carboxylic acids is 1. The van der Waals surface area contributed by atoms with E-state index in [0.717, 1.165) is 12.3 Å². The number of hydrogen-bond donors (Lipinski definition) is 2. The summed E-state index contributed by atoms with van der Waals surface area (Å²) in [6.07, 6.45) is 17.7.